The molecule has 0 heterocycles. The minimum atomic E-state index is -1.28. The summed E-state index contributed by atoms with van der Waals surface area (Å²) in [5.74, 6) is -0.586. The molecule has 1 amide bonds. The number of carbonyl (C=O) groups excluding carboxylic acids is 1. The van der Waals surface area contributed by atoms with Gasteiger partial charge in [0, 0.05) is 0 Å². The quantitative estimate of drug-likeness (QED) is 0.0308. The van der Waals surface area contributed by atoms with Gasteiger partial charge in [-0.25, -0.2) is 0 Å². The Hall–Kier alpha value is -0.950. The molecule has 0 aliphatic heterocycles. The van der Waals surface area contributed by atoms with Crippen molar-refractivity contribution < 1.29 is 25.2 Å². The lowest BCUT2D eigenvalue weighted by Gasteiger charge is -2.27. The van der Waals surface area contributed by atoms with Crippen LogP contribution in [0.2, 0.25) is 0 Å². The molecule has 418 valence electrons. The summed E-state index contributed by atoms with van der Waals surface area (Å²) in [5, 5.41) is 44.0. The summed E-state index contributed by atoms with van der Waals surface area (Å²) in [7, 11) is 0. The predicted molar refractivity (Wildman–Crippen MR) is 307 cm³/mol. The standard InChI is InChI=1S/C64H127NO5/c1-3-5-7-9-11-13-15-17-19-21-22-23-24-25-26-27-28-29-30-31-32-33-34-35-36-37-38-39-40-41-42-44-46-48-50-52-54-56-58-62(68)64(70)65-60(59-66)63(69)61(67)57-55-53-51-49-47-45-43-20-18-16-14-12-10-8-6-4-2/h49,51,60-63,66-69H,3-48,50,52-59H2,1-2H3,(H,65,70)/b51-49+. The van der Waals surface area contributed by atoms with Crippen molar-refractivity contribution in [2.45, 2.75) is 385 Å². The van der Waals surface area contributed by atoms with Crippen molar-refractivity contribution >= 4 is 5.91 Å². The van der Waals surface area contributed by atoms with E-state index in [0.29, 0.717) is 12.8 Å². The molecule has 0 fully saturated rings. The summed E-state index contributed by atoms with van der Waals surface area (Å²) in [4.78, 5) is 12.6. The molecule has 0 rings (SSSR count). The van der Waals surface area contributed by atoms with Gasteiger partial charge in [-0.15, -0.1) is 0 Å². The van der Waals surface area contributed by atoms with Gasteiger partial charge in [0.1, 0.15) is 12.2 Å². The lowest BCUT2D eigenvalue weighted by Crippen LogP contribution is -2.53. The number of hydrogen-bond acceptors (Lipinski definition) is 5. The molecule has 70 heavy (non-hydrogen) atoms. The maximum Gasteiger partial charge on any atom is 0.249 e. The number of carbonyl (C=O) groups is 1. The Morgan fingerprint density at radius 3 is 0.857 bits per heavy atom. The Bertz CT molecular complexity index is 1020. The minimum Gasteiger partial charge on any atom is -0.394 e. The minimum absolute atomic E-state index is 0.369. The van der Waals surface area contributed by atoms with Gasteiger partial charge in [-0.05, 0) is 38.5 Å². The molecule has 6 nitrogen and oxygen atoms in total. The van der Waals surface area contributed by atoms with Crippen molar-refractivity contribution in [3.05, 3.63) is 12.2 Å². The van der Waals surface area contributed by atoms with Gasteiger partial charge in [0.05, 0.1) is 18.8 Å². The number of allylic oxidation sites excluding steroid dienone is 2. The van der Waals surface area contributed by atoms with E-state index in [2.05, 4.69) is 31.3 Å². The van der Waals surface area contributed by atoms with Gasteiger partial charge in [-0.1, -0.05) is 334 Å². The second kappa shape index (κ2) is 58.9. The fourth-order valence-electron chi connectivity index (χ4n) is 10.5. The van der Waals surface area contributed by atoms with Crippen LogP contribution in [0.15, 0.2) is 12.2 Å². The normalized spacial score (nSPS) is 13.6. The molecule has 0 aromatic rings. The van der Waals surface area contributed by atoms with Crippen LogP contribution in [0.4, 0.5) is 0 Å². The van der Waals surface area contributed by atoms with Crippen LogP contribution in [0.1, 0.15) is 361 Å². The molecule has 0 spiro atoms. The molecule has 0 aliphatic rings. The lowest BCUT2D eigenvalue weighted by molar-refractivity contribution is -0.132. The monoisotopic (exact) mass is 990 g/mol. The van der Waals surface area contributed by atoms with E-state index >= 15 is 0 Å². The Morgan fingerprint density at radius 2 is 0.586 bits per heavy atom. The largest absolute Gasteiger partial charge is 0.394 e. The second-order valence-corrected chi connectivity index (χ2v) is 22.5. The zero-order valence-electron chi connectivity index (χ0n) is 47.6. The van der Waals surface area contributed by atoms with Gasteiger partial charge in [0.15, 0.2) is 0 Å². The van der Waals surface area contributed by atoms with E-state index in [1.54, 1.807) is 0 Å². The summed E-state index contributed by atoms with van der Waals surface area (Å²) < 4.78 is 0. The third-order valence-corrected chi connectivity index (χ3v) is 15.5. The van der Waals surface area contributed by atoms with Gasteiger partial charge in [-0.2, -0.15) is 0 Å². The SMILES string of the molecule is CCCCCCCCCCCCC/C=C/CCCC(O)C(O)C(CO)NC(=O)C(O)CCCCCCCCCCCCCCCCCCCCCCCCCCCCCCCCCCCCCCCC. The van der Waals surface area contributed by atoms with E-state index in [1.165, 1.54) is 295 Å². The highest BCUT2D eigenvalue weighted by Crippen LogP contribution is 2.19. The van der Waals surface area contributed by atoms with Gasteiger partial charge in [0.25, 0.3) is 0 Å². The first kappa shape index (κ1) is 69.0. The fourth-order valence-corrected chi connectivity index (χ4v) is 10.5. The van der Waals surface area contributed by atoms with Gasteiger partial charge in [-0.3, -0.25) is 4.79 Å². The van der Waals surface area contributed by atoms with Crippen molar-refractivity contribution in [3.8, 4) is 0 Å². The summed E-state index contributed by atoms with van der Waals surface area (Å²) in [6.07, 6.45) is 71.9. The van der Waals surface area contributed by atoms with E-state index in [9.17, 15) is 25.2 Å². The number of hydrogen-bond donors (Lipinski definition) is 5. The zero-order chi connectivity index (χ0) is 50.9. The van der Waals surface area contributed by atoms with Gasteiger partial charge < -0.3 is 25.7 Å². The molecule has 0 aromatic heterocycles. The Morgan fingerprint density at radius 1 is 0.343 bits per heavy atom. The van der Waals surface area contributed by atoms with Crippen molar-refractivity contribution in [2.24, 2.45) is 0 Å². The topological polar surface area (TPSA) is 110 Å². The number of unbranched alkanes of at least 4 members (excludes halogenated alkanes) is 49. The molecule has 6 heteroatoms. The van der Waals surface area contributed by atoms with Crippen LogP contribution in [0, 0.1) is 0 Å². The summed E-state index contributed by atoms with van der Waals surface area (Å²) >= 11 is 0. The summed E-state index contributed by atoms with van der Waals surface area (Å²) in [6.45, 7) is 4.08. The van der Waals surface area contributed by atoms with Crippen molar-refractivity contribution in [3.63, 3.8) is 0 Å². The highest BCUT2D eigenvalue weighted by molar-refractivity contribution is 5.80. The van der Waals surface area contributed by atoms with Crippen LogP contribution in [0.3, 0.4) is 0 Å². The maximum atomic E-state index is 12.6. The molecule has 4 unspecified atom stereocenters. The van der Waals surface area contributed by atoms with Crippen LogP contribution < -0.4 is 5.32 Å². The van der Waals surface area contributed by atoms with E-state index in [4.69, 9.17) is 0 Å². The highest BCUT2D eigenvalue weighted by atomic mass is 16.3. The van der Waals surface area contributed by atoms with Crippen molar-refractivity contribution in [1.29, 1.82) is 0 Å². The second-order valence-electron chi connectivity index (χ2n) is 22.5. The van der Waals surface area contributed by atoms with Gasteiger partial charge in [0.2, 0.25) is 5.91 Å². The van der Waals surface area contributed by atoms with Crippen molar-refractivity contribution in [2.75, 3.05) is 6.61 Å². The Balaban J connectivity index is 3.48. The molecular weight excluding hydrogens is 863 g/mol. The van der Waals surface area contributed by atoms with Crippen LogP contribution in [0.25, 0.3) is 0 Å². The van der Waals surface area contributed by atoms with Crippen LogP contribution in [0.5, 0.6) is 0 Å². The predicted octanol–water partition coefficient (Wildman–Crippen LogP) is 19.2. The van der Waals surface area contributed by atoms with Crippen LogP contribution in [-0.2, 0) is 4.79 Å². The molecule has 0 aliphatic carbocycles. The average molecular weight is 991 g/mol. The Labute approximate surface area is 438 Å². The van der Waals surface area contributed by atoms with E-state index in [1.807, 2.05) is 0 Å². The molecule has 0 saturated heterocycles. The first-order valence-corrected chi connectivity index (χ1v) is 32.1. The van der Waals surface area contributed by atoms with E-state index in [0.717, 1.165) is 38.5 Å². The molecule has 0 aromatic carbocycles. The van der Waals surface area contributed by atoms with Gasteiger partial charge >= 0.3 is 0 Å². The van der Waals surface area contributed by atoms with E-state index < -0.39 is 36.9 Å². The maximum absolute atomic E-state index is 12.6. The van der Waals surface area contributed by atoms with Crippen LogP contribution >= 0.6 is 0 Å². The highest BCUT2D eigenvalue weighted by Gasteiger charge is 2.28. The first-order chi connectivity index (χ1) is 34.5. The third kappa shape index (κ3) is 51.9. The summed E-state index contributed by atoms with van der Waals surface area (Å²) in [6, 6.07) is -0.999. The number of aliphatic hydroxyl groups excluding tert-OH is 4. The summed E-state index contributed by atoms with van der Waals surface area (Å²) in [5.41, 5.74) is 0. The average Bonchev–Trinajstić information content (AvgIpc) is 3.36. The Kier molecular flexibility index (Phi) is 58.1. The van der Waals surface area contributed by atoms with Crippen LogP contribution in [-0.4, -0.2) is 57.3 Å². The third-order valence-electron chi connectivity index (χ3n) is 15.5. The molecule has 0 bridgehead atoms. The smallest absolute Gasteiger partial charge is 0.249 e. The number of nitrogens with one attached hydrogen (secondary N) is 1. The molecule has 4 atom stereocenters. The number of amides is 1. The van der Waals surface area contributed by atoms with Crippen molar-refractivity contribution in [1.82, 2.24) is 5.32 Å². The van der Waals surface area contributed by atoms with E-state index in [-0.39, 0.29) is 0 Å². The molecule has 5 N–H and O–H groups in total. The first-order valence-electron chi connectivity index (χ1n) is 32.1. The molecule has 0 saturated carbocycles. The number of rotatable bonds is 60. The molecular formula is C64H127NO5. The fraction of sp³-hybridized carbons (Fsp3) is 0.953. The zero-order valence-corrected chi connectivity index (χ0v) is 47.6. The number of aliphatic hydroxyl groups is 4. The lowest BCUT2D eigenvalue weighted by atomic mass is 10.00. The molecule has 0 radical (unpaired) electrons.